The first kappa shape index (κ1) is 19.9. The predicted octanol–water partition coefficient (Wildman–Crippen LogP) is 2.62. The zero-order chi connectivity index (χ0) is 20.4. The molecule has 0 spiro atoms. The molecule has 154 valence electrons. The van der Waals surface area contributed by atoms with E-state index in [1.165, 1.54) is 0 Å². The number of rotatable bonds is 5. The van der Waals surface area contributed by atoms with Crippen molar-refractivity contribution in [1.82, 2.24) is 15.3 Å². The zero-order valence-electron chi connectivity index (χ0n) is 16.3. The summed E-state index contributed by atoms with van der Waals surface area (Å²) in [6, 6.07) is 7.10. The van der Waals surface area contributed by atoms with Crippen LogP contribution >= 0.6 is 11.6 Å². The van der Waals surface area contributed by atoms with Crippen molar-refractivity contribution in [3.05, 3.63) is 41.0 Å². The lowest BCUT2D eigenvalue weighted by atomic mass is 10.0. The standard InChI is InChI=1S/C20H25ClN6O2/c1-13(12-28)24-19-23-10-14-11-26(17-5-3-2-4-16(17)21)20(29)27(18(14)25-19)15-6-8-22-9-7-15/h2-5,10,13,15,22,28H,6-9,11-12H2,1H3,(H,23,24,25)/t13-/m0/s1. The van der Waals surface area contributed by atoms with Gasteiger partial charge in [-0.3, -0.25) is 9.80 Å². The summed E-state index contributed by atoms with van der Waals surface area (Å²) in [6.45, 7) is 3.88. The molecule has 2 amide bonds. The third-order valence-electron chi connectivity index (χ3n) is 5.30. The van der Waals surface area contributed by atoms with Crippen LogP contribution in [0.4, 0.5) is 22.2 Å². The fourth-order valence-electron chi connectivity index (χ4n) is 3.76. The summed E-state index contributed by atoms with van der Waals surface area (Å²) in [5.74, 6) is 1.04. The van der Waals surface area contributed by atoms with Gasteiger partial charge in [0.1, 0.15) is 5.82 Å². The molecule has 0 radical (unpaired) electrons. The minimum Gasteiger partial charge on any atom is -0.394 e. The number of fused-ring (bicyclic) bond motifs is 1. The molecule has 1 aromatic carbocycles. The molecule has 29 heavy (non-hydrogen) atoms. The van der Waals surface area contributed by atoms with Crippen LogP contribution in [0.15, 0.2) is 30.5 Å². The number of halogens is 1. The van der Waals surface area contributed by atoms with Crippen molar-refractivity contribution >= 4 is 35.1 Å². The first-order valence-electron chi connectivity index (χ1n) is 9.87. The Labute approximate surface area is 174 Å². The van der Waals surface area contributed by atoms with Crippen molar-refractivity contribution in [1.29, 1.82) is 0 Å². The quantitative estimate of drug-likeness (QED) is 0.693. The Balaban J connectivity index is 1.75. The average Bonchev–Trinajstić information content (AvgIpc) is 2.74. The van der Waals surface area contributed by atoms with E-state index in [9.17, 15) is 9.90 Å². The number of anilines is 3. The van der Waals surface area contributed by atoms with Gasteiger partial charge >= 0.3 is 6.03 Å². The van der Waals surface area contributed by atoms with Gasteiger partial charge in [0.25, 0.3) is 0 Å². The van der Waals surface area contributed by atoms with Gasteiger partial charge in [0.15, 0.2) is 0 Å². The second kappa shape index (κ2) is 8.52. The average molecular weight is 417 g/mol. The number of carbonyl (C=O) groups is 1. The number of piperidine rings is 1. The third-order valence-corrected chi connectivity index (χ3v) is 5.62. The molecule has 2 aliphatic rings. The molecule has 0 aliphatic carbocycles. The van der Waals surface area contributed by atoms with Crippen molar-refractivity contribution < 1.29 is 9.90 Å². The van der Waals surface area contributed by atoms with Crippen LogP contribution in [0.25, 0.3) is 0 Å². The van der Waals surface area contributed by atoms with E-state index < -0.39 is 0 Å². The Kier molecular flexibility index (Phi) is 5.84. The highest BCUT2D eigenvalue weighted by atomic mass is 35.5. The fourth-order valence-corrected chi connectivity index (χ4v) is 4.00. The van der Waals surface area contributed by atoms with E-state index in [2.05, 4.69) is 20.6 Å². The number of carbonyl (C=O) groups excluding carboxylic acids is 1. The highest BCUT2D eigenvalue weighted by molar-refractivity contribution is 6.34. The summed E-state index contributed by atoms with van der Waals surface area (Å²) >= 11 is 6.39. The van der Waals surface area contributed by atoms with Gasteiger partial charge in [-0.2, -0.15) is 4.98 Å². The molecule has 3 heterocycles. The Bertz CT molecular complexity index is 889. The molecule has 1 atom stereocenters. The van der Waals surface area contributed by atoms with Crippen LogP contribution in [0.1, 0.15) is 25.3 Å². The number of aliphatic hydroxyl groups excluding tert-OH is 1. The SMILES string of the molecule is C[C@@H](CO)Nc1ncc2c(n1)N(C1CCNCC1)C(=O)N(c1ccccc1Cl)C2. The fraction of sp³-hybridized carbons (Fsp3) is 0.450. The number of aliphatic hydroxyl groups is 1. The van der Waals surface area contributed by atoms with Gasteiger partial charge in [-0.15, -0.1) is 0 Å². The molecule has 0 saturated carbocycles. The summed E-state index contributed by atoms with van der Waals surface area (Å²) in [6.07, 6.45) is 3.45. The minimum absolute atomic E-state index is 0.0301. The molecule has 0 bridgehead atoms. The second-order valence-electron chi connectivity index (χ2n) is 7.44. The smallest absolute Gasteiger partial charge is 0.330 e. The number of para-hydroxylation sites is 1. The number of aromatic nitrogens is 2. The van der Waals surface area contributed by atoms with Gasteiger partial charge in [-0.1, -0.05) is 23.7 Å². The van der Waals surface area contributed by atoms with E-state index in [1.807, 2.05) is 25.1 Å². The topological polar surface area (TPSA) is 93.6 Å². The maximum Gasteiger partial charge on any atom is 0.330 e. The number of hydrogen-bond acceptors (Lipinski definition) is 6. The molecular weight excluding hydrogens is 392 g/mol. The van der Waals surface area contributed by atoms with Crippen LogP contribution in [0.2, 0.25) is 5.02 Å². The van der Waals surface area contributed by atoms with E-state index in [-0.39, 0.29) is 24.7 Å². The largest absolute Gasteiger partial charge is 0.394 e. The number of nitrogens with zero attached hydrogens (tertiary/aromatic N) is 4. The van der Waals surface area contributed by atoms with Crippen LogP contribution in [-0.4, -0.2) is 52.9 Å². The molecule has 1 aromatic heterocycles. The van der Waals surface area contributed by atoms with Crippen molar-refractivity contribution in [2.45, 2.75) is 38.4 Å². The van der Waals surface area contributed by atoms with Crippen molar-refractivity contribution in [2.75, 3.05) is 34.8 Å². The lowest BCUT2D eigenvalue weighted by Crippen LogP contribution is -2.55. The lowest BCUT2D eigenvalue weighted by Gasteiger charge is -2.41. The molecule has 2 aliphatic heterocycles. The molecule has 2 aromatic rings. The van der Waals surface area contributed by atoms with E-state index in [1.54, 1.807) is 22.1 Å². The monoisotopic (exact) mass is 416 g/mol. The van der Waals surface area contributed by atoms with E-state index in [0.29, 0.717) is 29.0 Å². The molecule has 9 heteroatoms. The number of nitrogens with one attached hydrogen (secondary N) is 2. The highest BCUT2D eigenvalue weighted by Crippen LogP contribution is 2.36. The molecule has 1 fully saturated rings. The highest BCUT2D eigenvalue weighted by Gasteiger charge is 2.38. The van der Waals surface area contributed by atoms with Gasteiger partial charge in [-0.25, -0.2) is 9.78 Å². The Morgan fingerprint density at radius 2 is 2.10 bits per heavy atom. The van der Waals surface area contributed by atoms with Gasteiger partial charge < -0.3 is 15.7 Å². The van der Waals surface area contributed by atoms with Crippen molar-refractivity contribution in [3.8, 4) is 0 Å². The van der Waals surface area contributed by atoms with Crippen molar-refractivity contribution in [3.63, 3.8) is 0 Å². The first-order chi connectivity index (χ1) is 14.1. The van der Waals surface area contributed by atoms with E-state index in [4.69, 9.17) is 11.6 Å². The second-order valence-corrected chi connectivity index (χ2v) is 7.85. The molecule has 3 N–H and O–H groups in total. The van der Waals surface area contributed by atoms with Crippen LogP contribution in [0.3, 0.4) is 0 Å². The number of benzene rings is 1. The van der Waals surface area contributed by atoms with Gasteiger partial charge in [0, 0.05) is 23.8 Å². The number of amides is 2. The van der Waals surface area contributed by atoms with Crippen LogP contribution in [0.5, 0.6) is 0 Å². The lowest BCUT2D eigenvalue weighted by molar-refractivity contribution is 0.245. The van der Waals surface area contributed by atoms with Crippen LogP contribution in [0, 0.1) is 0 Å². The number of urea groups is 1. The molecular formula is C20H25ClN6O2. The zero-order valence-corrected chi connectivity index (χ0v) is 17.1. The summed E-state index contributed by atoms with van der Waals surface area (Å²) in [4.78, 5) is 26.1. The number of hydrogen-bond donors (Lipinski definition) is 3. The Hall–Kier alpha value is -2.42. The van der Waals surface area contributed by atoms with Gasteiger partial charge in [-0.05, 0) is 45.0 Å². The third kappa shape index (κ3) is 4.01. The predicted molar refractivity (Wildman–Crippen MR) is 114 cm³/mol. The minimum atomic E-state index is -0.181. The Morgan fingerprint density at radius 1 is 1.34 bits per heavy atom. The molecule has 8 nitrogen and oxygen atoms in total. The summed E-state index contributed by atoms with van der Waals surface area (Å²) in [7, 11) is 0. The maximum absolute atomic E-state index is 13.6. The summed E-state index contributed by atoms with van der Waals surface area (Å²) in [5, 5.41) is 16.3. The first-order valence-corrected chi connectivity index (χ1v) is 10.3. The maximum atomic E-state index is 13.6. The van der Waals surface area contributed by atoms with Crippen LogP contribution < -0.4 is 20.4 Å². The molecule has 4 rings (SSSR count). The molecule has 1 saturated heterocycles. The summed E-state index contributed by atoms with van der Waals surface area (Å²) in [5.41, 5.74) is 1.55. The molecule has 0 unspecified atom stereocenters. The normalized spacial score (nSPS) is 18.5. The van der Waals surface area contributed by atoms with Gasteiger partial charge in [0.05, 0.1) is 23.9 Å². The van der Waals surface area contributed by atoms with Crippen LogP contribution in [-0.2, 0) is 6.54 Å². The Morgan fingerprint density at radius 3 is 2.83 bits per heavy atom. The van der Waals surface area contributed by atoms with E-state index >= 15 is 0 Å². The van der Waals surface area contributed by atoms with Gasteiger partial charge in [0.2, 0.25) is 5.95 Å². The van der Waals surface area contributed by atoms with E-state index in [0.717, 1.165) is 31.5 Å². The van der Waals surface area contributed by atoms with Crippen molar-refractivity contribution in [2.24, 2.45) is 0 Å². The summed E-state index contributed by atoms with van der Waals surface area (Å²) < 4.78 is 0.